The number of nitrogens with one attached hydrogen (secondary N) is 1. The topological polar surface area (TPSA) is 89.9 Å². The molecule has 6 nitrogen and oxygen atoms in total. The molecule has 1 fully saturated rings. The number of rotatable bonds is 6. The van der Waals surface area contributed by atoms with Gasteiger partial charge in [-0.25, -0.2) is 9.59 Å². The summed E-state index contributed by atoms with van der Waals surface area (Å²) in [6.07, 6.45) is 4.00. The highest BCUT2D eigenvalue weighted by atomic mass is 16.4. The Morgan fingerprint density at radius 2 is 1.89 bits per heavy atom. The van der Waals surface area contributed by atoms with Crippen LogP contribution in [0.3, 0.4) is 0 Å². The van der Waals surface area contributed by atoms with Gasteiger partial charge >= 0.3 is 12.0 Å². The second-order valence-corrected chi connectivity index (χ2v) is 5.36. The van der Waals surface area contributed by atoms with Crippen LogP contribution in [-0.2, 0) is 4.79 Å². The Balaban J connectivity index is 2.67. The normalized spacial score (nSPS) is 17.5. The number of carbonyl (C=O) groups excluding carboxylic acids is 1. The molecule has 1 rings (SSSR count). The standard InChI is InChI=1S/C13H24N2O4/c1-9(2)11(12(17)18)14-13(19)15(7-8-16)10-5-3-4-6-10/h9-11,16H,3-8H2,1-2H3,(H,14,19)(H,17,18)/t11-/m0/s1. The third-order valence-electron chi connectivity index (χ3n) is 3.58. The number of nitrogens with zero attached hydrogens (tertiary/aromatic N) is 1. The third-order valence-corrected chi connectivity index (χ3v) is 3.58. The van der Waals surface area contributed by atoms with E-state index in [-0.39, 0.29) is 31.1 Å². The Labute approximate surface area is 113 Å². The molecule has 0 radical (unpaired) electrons. The summed E-state index contributed by atoms with van der Waals surface area (Å²) >= 11 is 0. The van der Waals surface area contributed by atoms with Crippen LogP contribution >= 0.6 is 0 Å². The van der Waals surface area contributed by atoms with Crippen LogP contribution in [-0.4, -0.2) is 52.3 Å². The first-order chi connectivity index (χ1) is 8.97. The number of aliphatic hydroxyl groups excluding tert-OH is 1. The maximum Gasteiger partial charge on any atom is 0.326 e. The zero-order chi connectivity index (χ0) is 14.4. The van der Waals surface area contributed by atoms with Gasteiger partial charge in [-0.15, -0.1) is 0 Å². The Bertz CT molecular complexity index is 314. The number of carbonyl (C=O) groups is 2. The molecular formula is C13H24N2O4. The average Bonchev–Trinajstić information content (AvgIpc) is 2.85. The summed E-state index contributed by atoms with van der Waals surface area (Å²) in [5.74, 6) is -1.21. The van der Waals surface area contributed by atoms with Gasteiger partial charge in [-0.1, -0.05) is 26.7 Å². The van der Waals surface area contributed by atoms with Gasteiger partial charge in [0.25, 0.3) is 0 Å². The zero-order valence-electron chi connectivity index (χ0n) is 11.6. The number of amides is 2. The number of urea groups is 1. The molecule has 110 valence electrons. The third kappa shape index (κ3) is 4.38. The molecule has 0 aromatic rings. The number of hydrogen-bond donors (Lipinski definition) is 3. The van der Waals surface area contributed by atoms with Crippen molar-refractivity contribution in [2.24, 2.45) is 5.92 Å². The number of aliphatic hydroxyl groups is 1. The van der Waals surface area contributed by atoms with Crippen LogP contribution in [0.1, 0.15) is 39.5 Å². The second-order valence-electron chi connectivity index (χ2n) is 5.36. The van der Waals surface area contributed by atoms with E-state index in [0.29, 0.717) is 0 Å². The summed E-state index contributed by atoms with van der Waals surface area (Å²) in [7, 11) is 0. The molecule has 1 atom stereocenters. The van der Waals surface area contributed by atoms with Gasteiger partial charge in [0.1, 0.15) is 6.04 Å². The summed E-state index contributed by atoms with van der Waals surface area (Å²) in [4.78, 5) is 24.9. The van der Waals surface area contributed by atoms with E-state index in [9.17, 15) is 9.59 Å². The first-order valence-corrected chi connectivity index (χ1v) is 6.88. The second kappa shape index (κ2) is 7.33. The highest BCUT2D eigenvalue weighted by molar-refractivity contribution is 5.83. The van der Waals surface area contributed by atoms with Crippen molar-refractivity contribution in [2.75, 3.05) is 13.2 Å². The van der Waals surface area contributed by atoms with E-state index in [1.807, 2.05) is 0 Å². The maximum absolute atomic E-state index is 12.2. The van der Waals surface area contributed by atoms with Crippen molar-refractivity contribution in [2.45, 2.75) is 51.6 Å². The molecule has 1 aliphatic carbocycles. The minimum absolute atomic E-state index is 0.108. The molecule has 19 heavy (non-hydrogen) atoms. The fraction of sp³-hybridized carbons (Fsp3) is 0.846. The van der Waals surface area contributed by atoms with Crippen molar-refractivity contribution < 1.29 is 19.8 Å². The summed E-state index contributed by atoms with van der Waals surface area (Å²) in [6.45, 7) is 3.65. The van der Waals surface area contributed by atoms with Gasteiger partial charge in [-0.05, 0) is 18.8 Å². The lowest BCUT2D eigenvalue weighted by molar-refractivity contribution is -0.140. The fourth-order valence-corrected chi connectivity index (χ4v) is 2.50. The maximum atomic E-state index is 12.2. The molecule has 1 saturated carbocycles. The van der Waals surface area contributed by atoms with Gasteiger partial charge in [0.05, 0.1) is 6.61 Å². The lowest BCUT2D eigenvalue weighted by atomic mass is 10.1. The van der Waals surface area contributed by atoms with Crippen molar-refractivity contribution in [1.29, 1.82) is 0 Å². The first-order valence-electron chi connectivity index (χ1n) is 6.88. The minimum atomic E-state index is -1.03. The number of carboxylic acids is 1. The van der Waals surface area contributed by atoms with Crippen molar-refractivity contribution in [1.82, 2.24) is 10.2 Å². The van der Waals surface area contributed by atoms with Crippen molar-refractivity contribution in [3.63, 3.8) is 0 Å². The number of hydrogen-bond acceptors (Lipinski definition) is 3. The molecule has 6 heteroatoms. The van der Waals surface area contributed by atoms with E-state index in [1.165, 1.54) is 0 Å². The smallest absolute Gasteiger partial charge is 0.326 e. The van der Waals surface area contributed by atoms with Crippen LogP contribution < -0.4 is 5.32 Å². The van der Waals surface area contributed by atoms with Crippen molar-refractivity contribution in [3.05, 3.63) is 0 Å². The van der Waals surface area contributed by atoms with E-state index in [0.717, 1.165) is 25.7 Å². The average molecular weight is 272 g/mol. The highest BCUT2D eigenvalue weighted by Crippen LogP contribution is 2.23. The monoisotopic (exact) mass is 272 g/mol. The van der Waals surface area contributed by atoms with Crippen LogP contribution in [0.4, 0.5) is 4.79 Å². The predicted molar refractivity (Wildman–Crippen MR) is 70.8 cm³/mol. The van der Waals surface area contributed by atoms with Crippen LogP contribution in [0.5, 0.6) is 0 Å². The molecule has 0 spiro atoms. The van der Waals surface area contributed by atoms with Crippen molar-refractivity contribution >= 4 is 12.0 Å². The van der Waals surface area contributed by atoms with Crippen molar-refractivity contribution in [3.8, 4) is 0 Å². The summed E-state index contributed by atoms with van der Waals surface area (Å²) in [5.41, 5.74) is 0. The molecule has 3 N–H and O–H groups in total. The van der Waals surface area contributed by atoms with Crippen LogP contribution in [0, 0.1) is 5.92 Å². The Morgan fingerprint density at radius 1 is 1.32 bits per heavy atom. The lowest BCUT2D eigenvalue weighted by Gasteiger charge is -2.30. The quantitative estimate of drug-likeness (QED) is 0.674. The van der Waals surface area contributed by atoms with E-state index in [2.05, 4.69) is 5.32 Å². The van der Waals surface area contributed by atoms with Gasteiger partial charge in [0, 0.05) is 12.6 Å². The Hall–Kier alpha value is -1.30. The van der Waals surface area contributed by atoms with Crippen LogP contribution in [0.2, 0.25) is 0 Å². The number of carboxylic acid groups (broad SMARTS) is 1. The summed E-state index contributed by atoms with van der Waals surface area (Å²) in [6, 6.07) is -1.16. The van der Waals surface area contributed by atoms with Crippen LogP contribution in [0.15, 0.2) is 0 Å². The minimum Gasteiger partial charge on any atom is -0.480 e. The molecule has 0 saturated heterocycles. The molecule has 1 aliphatic rings. The molecule has 2 amide bonds. The number of aliphatic carboxylic acids is 1. The van der Waals surface area contributed by atoms with E-state index < -0.39 is 12.0 Å². The SMILES string of the molecule is CC(C)[C@H](NC(=O)N(CCO)C1CCCC1)C(=O)O. The fourth-order valence-electron chi connectivity index (χ4n) is 2.50. The lowest BCUT2D eigenvalue weighted by Crippen LogP contribution is -2.53. The molecule has 0 aromatic carbocycles. The van der Waals surface area contributed by atoms with E-state index in [1.54, 1.807) is 18.7 Å². The van der Waals surface area contributed by atoms with Gasteiger partial charge in [0.15, 0.2) is 0 Å². The zero-order valence-corrected chi connectivity index (χ0v) is 11.6. The van der Waals surface area contributed by atoms with Gasteiger partial charge in [0.2, 0.25) is 0 Å². The van der Waals surface area contributed by atoms with E-state index in [4.69, 9.17) is 10.2 Å². The van der Waals surface area contributed by atoms with Crippen LogP contribution in [0.25, 0.3) is 0 Å². The van der Waals surface area contributed by atoms with Gasteiger partial charge in [-0.3, -0.25) is 0 Å². The molecular weight excluding hydrogens is 248 g/mol. The predicted octanol–water partition coefficient (Wildman–Crippen LogP) is 1.04. The highest BCUT2D eigenvalue weighted by Gasteiger charge is 2.30. The molecule has 0 aliphatic heterocycles. The molecule has 0 heterocycles. The summed E-state index contributed by atoms with van der Waals surface area (Å²) < 4.78 is 0. The molecule has 0 aromatic heterocycles. The van der Waals surface area contributed by atoms with E-state index >= 15 is 0 Å². The van der Waals surface area contributed by atoms with Gasteiger partial charge in [-0.2, -0.15) is 0 Å². The molecule has 0 unspecified atom stereocenters. The Morgan fingerprint density at radius 3 is 2.32 bits per heavy atom. The summed E-state index contributed by atoms with van der Waals surface area (Å²) in [5, 5.41) is 20.7. The largest absolute Gasteiger partial charge is 0.480 e. The Kier molecular flexibility index (Phi) is 6.08. The van der Waals surface area contributed by atoms with Gasteiger partial charge < -0.3 is 20.4 Å². The first kappa shape index (κ1) is 15.8. The molecule has 0 bridgehead atoms.